The van der Waals surface area contributed by atoms with Gasteiger partial charge in [0.05, 0.1) is 35.1 Å². The minimum absolute atomic E-state index is 0.189. The molecule has 0 unspecified atom stereocenters. The highest BCUT2D eigenvalue weighted by molar-refractivity contribution is 7.07. The van der Waals surface area contributed by atoms with Crippen molar-refractivity contribution < 1.29 is 9.90 Å². The number of hydrogen-bond donors (Lipinski definition) is 2. The van der Waals surface area contributed by atoms with Gasteiger partial charge in [0.2, 0.25) is 0 Å². The van der Waals surface area contributed by atoms with Crippen LogP contribution < -0.4 is 5.32 Å². The lowest BCUT2D eigenvalue weighted by atomic mass is 9.89. The quantitative estimate of drug-likeness (QED) is 0.519. The lowest BCUT2D eigenvalue weighted by Crippen LogP contribution is -2.50. The van der Waals surface area contributed by atoms with E-state index in [2.05, 4.69) is 44.6 Å². The number of nitrogens with zero attached hydrogens (tertiary/aromatic N) is 4. The summed E-state index contributed by atoms with van der Waals surface area (Å²) < 4.78 is 1.79. The number of aliphatic hydroxyl groups is 1. The van der Waals surface area contributed by atoms with Crippen LogP contribution >= 0.6 is 11.3 Å². The summed E-state index contributed by atoms with van der Waals surface area (Å²) in [6.07, 6.45) is 3.39. The summed E-state index contributed by atoms with van der Waals surface area (Å²) in [5.74, 6) is -0.260. The van der Waals surface area contributed by atoms with Gasteiger partial charge in [-0.3, -0.25) is 9.48 Å². The SMILES string of the molecule is Cn1ncc2nc(C(=O)N[C@@H]3CC[C@H]3O)cc(Cc3ccc(-c4cscn4)cc3)c21. The van der Waals surface area contributed by atoms with Crippen LogP contribution in [0.15, 0.2) is 47.4 Å². The van der Waals surface area contributed by atoms with Gasteiger partial charge in [-0.1, -0.05) is 24.3 Å². The van der Waals surface area contributed by atoms with Gasteiger partial charge in [-0.05, 0) is 36.5 Å². The van der Waals surface area contributed by atoms with Crippen molar-refractivity contribution in [1.29, 1.82) is 0 Å². The van der Waals surface area contributed by atoms with Gasteiger partial charge in [-0.25, -0.2) is 9.97 Å². The third-order valence-electron chi connectivity index (χ3n) is 5.64. The second-order valence-corrected chi connectivity index (χ2v) is 8.36. The van der Waals surface area contributed by atoms with E-state index in [0.29, 0.717) is 17.6 Å². The Morgan fingerprint density at radius 3 is 2.80 bits per heavy atom. The number of aryl methyl sites for hydroxylation is 1. The predicted molar refractivity (Wildman–Crippen MR) is 115 cm³/mol. The van der Waals surface area contributed by atoms with Crippen LogP contribution in [0.5, 0.6) is 0 Å². The van der Waals surface area contributed by atoms with Gasteiger partial charge in [-0.15, -0.1) is 11.3 Å². The molecule has 3 aromatic heterocycles. The number of carbonyl (C=O) groups excluding carboxylic acids is 1. The summed E-state index contributed by atoms with van der Waals surface area (Å²) in [5, 5.41) is 19.0. The van der Waals surface area contributed by atoms with Gasteiger partial charge in [-0.2, -0.15) is 5.10 Å². The van der Waals surface area contributed by atoms with Gasteiger partial charge >= 0.3 is 0 Å². The Hall–Kier alpha value is -3.10. The molecule has 5 rings (SSSR count). The number of pyridine rings is 1. The molecule has 2 atom stereocenters. The summed E-state index contributed by atoms with van der Waals surface area (Å²) >= 11 is 1.58. The molecule has 152 valence electrons. The first kappa shape index (κ1) is 18.9. The van der Waals surface area contributed by atoms with Crippen LogP contribution in [0.1, 0.15) is 34.5 Å². The molecule has 0 bridgehead atoms. The number of hydrogen-bond acceptors (Lipinski definition) is 6. The maximum absolute atomic E-state index is 12.7. The Bertz CT molecular complexity index is 1200. The molecule has 0 aliphatic heterocycles. The molecule has 0 spiro atoms. The van der Waals surface area contributed by atoms with Gasteiger partial charge < -0.3 is 10.4 Å². The van der Waals surface area contributed by atoms with Gasteiger partial charge in [0.1, 0.15) is 11.2 Å². The molecule has 1 aromatic carbocycles. The molecule has 30 heavy (non-hydrogen) atoms. The molecule has 1 aliphatic rings. The molecule has 8 heteroatoms. The van der Waals surface area contributed by atoms with Crippen LogP contribution in [0.25, 0.3) is 22.3 Å². The van der Waals surface area contributed by atoms with Crippen molar-refractivity contribution in [2.24, 2.45) is 7.05 Å². The van der Waals surface area contributed by atoms with E-state index in [-0.39, 0.29) is 11.9 Å². The topological polar surface area (TPSA) is 92.9 Å². The fraction of sp³-hybridized carbons (Fsp3) is 0.273. The summed E-state index contributed by atoms with van der Waals surface area (Å²) in [4.78, 5) is 21.6. The fourth-order valence-electron chi connectivity index (χ4n) is 3.79. The van der Waals surface area contributed by atoms with Crippen molar-refractivity contribution in [3.8, 4) is 11.3 Å². The lowest BCUT2D eigenvalue weighted by Gasteiger charge is -2.32. The number of amides is 1. The van der Waals surface area contributed by atoms with Crippen molar-refractivity contribution in [3.63, 3.8) is 0 Å². The van der Waals surface area contributed by atoms with Crippen LogP contribution in [0.3, 0.4) is 0 Å². The Kier molecular flexibility index (Phi) is 4.80. The maximum Gasteiger partial charge on any atom is 0.270 e. The normalized spacial score (nSPS) is 18.3. The van der Waals surface area contributed by atoms with Crippen molar-refractivity contribution in [2.75, 3.05) is 0 Å². The van der Waals surface area contributed by atoms with Crippen LogP contribution in [-0.2, 0) is 13.5 Å². The minimum atomic E-state index is -0.466. The molecule has 0 saturated heterocycles. The molecule has 4 aromatic rings. The van der Waals surface area contributed by atoms with Crippen molar-refractivity contribution in [2.45, 2.75) is 31.4 Å². The molecular formula is C22H21N5O2S. The number of aliphatic hydroxyl groups excluding tert-OH is 1. The van der Waals surface area contributed by atoms with Gasteiger partial charge in [0.25, 0.3) is 5.91 Å². The molecular weight excluding hydrogens is 398 g/mol. The minimum Gasteiger partial charge on any atom is -0.391 e. The Morgan fingerprint density at radius 1 is 1.30 bits per heavy atom. The van der Waals surface area contributed by atoms with E-state index in [1.165, 1.54) is 0 Å². The molecule has 1 fully saturated rings. The predicted octanol–water partition coefficient (Wildman–Crippen LogP) is 2.94. The van der Waals surface area contributed by atoms with E-state index in [4.69, 9.17) is 0 Å². The van der Waals surface area contributed by atoms with Gasteiger partial charge in [0.15, 0.2) is 0 Å². The lowest BCUT2D eigenvalue weighted by molar-refractivity contribution is 0.0446. The zero-order valence-electron chi connectivity index (χ0n) is 16.4. The van der Waals surface area contributed by atoms with E-state index in [0.717, 1.165) is 40.7 Å². The number of aromatic nitrogens is 4. The van der Waals surface area contributed by atoms with Crippen LogP contribution in [0.4, 0.5) is 0 Å². The average Bonchev–Trinajstić information content (AvgIpc) is 3.42. The van der Waals surface area contributed by atoms with E-state index < -0.39 is 6.10 Å². The first-order valence-electron chi connectivity index (χ1n) is 9.86. The monoisotopic (exact) mass is 419 g/mol. The summed E-state index contributed by atoms with van der Waals surface area (Å²) in [5.41, 5.74) is 7.95. The van der Waals surface area contributed by atoms with Crippen molar-refractivity contribution in [3.05, 3.63) is 64.2 Å². The van der Waals surface area contributed by atoms with Gasteiger partial charge in [0, 0.05) is 18.0 Å². The molecule has 1 saturated carbocycles. The number of nitrogens with one attached hydrogen (secondary N) is 1. The molecule has 3 heterocycles. The molecule has 1 amide bonds. The van der Waals surface area contributed by atoms with E-state index in [9.17, 15) is 9.90 Å². The number of thiazole rings is 1. The number of benzene rings is 1. The summed E-state index contributed by atoms with van der Waals surface area (Å²) in [7, 11) is 1.88. The van der Waals surface area contributed by atoms with Crippen LogP contribution in [0, 0.1) is 0 Å². The van der Waals surface area contributed by atoms with Crippen molar-refractivity contribution in [1.82, 2.24) is 25.1 Å². The van der Waals surface area contributed by atoms with E-state index >= 15 is 0 Å². The molecule has 2 N–H and O–H groups in total. The third kappa shape index (κ3) is 3.48. The second-order valence-electron chi connectivity index (χ2n) is 7.64. The molecule has 0 radical (unpaired) electrons. The Morgan fingerprint density at radius 2 is 2.13 bits per heavy atom. The standard InChI is InChI=1S/C22H21N5O2S/c1-27-21-15(8-13-2-4-14(5-3-13)19-11-30-12-23-19)9-17(25-18(21)10-24-27)22(29)26-16-6-7-20(16)28/h2-5,9-12,16,20,28H,6-8H2,1H3,(H,26,29)/t16-,20-/m1/s1. The Labute approximate surface area is 177 Å². The third-order valence-corrected chi connectivity index (χ3v) is 6.23. The second kappa shape index (κ2) is 7.62. The number of fused-ring (bicyclic) bond motifs is 1. The highest BCUT2D eigenvalue weighted by atomic mass is 32.1. The summed E-state index contributed by atoms with van der Waals surface area (Å²) in [6, 6.07) is 9.95. The van der Waals surface area contributed by atoms with Crippen molar-refractivity contribution >= 4 is 28.3 Å². The number of rotatable bonds is 5. The fourth-order valence-corrected chi connectivity index (χ4v) is 4.35. The van der Waals surface area contributed by atoms with E-state index in [1.807, 2.05) is 24.0 Å². The van der Waals surface area contributed by atoms with Crippen LogP contribution in [0.2, 0.25) is 0 Å². The first-order valence-corrected chi connectivity index (χ1v) is 10.8. The zero-order chi connectivity index (χ0) is 20.7. The first-order chi connectivity index (χ1) is 14.6. The molecule has 7 nitrogen and oxygen atoms in total. The highest BCUT2D eigenvalue weighted by Gasteiger charge is 2.30. The van der Waals surface area contributed by atoms with E-state index in [1.54, 1.807) is 22.2 Å². The highest BCUT2D eigenvalue weighted by Crippen LogP contribution is 2.25. The largest absolute Gasteiger partial charge is 0.391 e. The maximum atomic E-state index is 12.7. The number of carbonyl (C=O) groups is 1. The smallest absolute Gasteiger partial charge is 0.270 e. The Balaban J connectivity index is 1.45. The summed E-state index contributed by atoms with van der Waals surface area (Å²) in [6.45, 7) is 0. The average molecular weight is 420 g/mol. The zero-order valence-corrected chi connectivity index (χ0v) is 17.3. The van der Waals surface area contributed by atoms with Crippen LogP contribution in [-0.4, -0.2) is 42.9 Å². The molecule has 1 aliphatic carbocycles.